The van der Waals surface area contributed by atoms with Crippen LogP contribution in [0.15, 0.2) is 24.3 Å². The Kier molecular flexibility index (Phi) is 3.36. The van der Waals surface area contributed by atoms with Crippen LogP contribution >= 0.6 is 0 Å². The molecule has 96 valence electrons. The molecule has 1 aliphatic rings. The quantitative estimate of drug-likeness (QED) is 0.771. The second-order valence-electron chi connectivity index (χ2n) is 4.83. The van der Waals surface area contributed by atoms with Crippen molar-refractivity contribution in [3.63, 3.8) is 0 Å². The lowest BCUT2D eigenvalue weighted by Gasteiger charge is -2.24. The molecule has 4 nitrogen and oxygen atoms in total. The van der Waals surface area contributed by atoms with Gasteiger partial charge >= 0.3 is 6.09 Å². The van der Waals surface area contributed by atoms with Crippen LogP contribution in [-0.2, 0) is 4.74 Å². The molecule has 1 fully saturated rings. The highest BCUT2D eigenvalue weighted by Crippen LogP contribution is 2.33. The summed E-state index contributed by atoms with van der Waals surface area (Å²) in [6.45, 7) is 5.88. The Hall–Kier alpha value is -1.84. The predicted octanol–water partition coefficient (Wildman–Crippen LogP) is 2.79. The molecular weight excluding hydrogens is 230 g/mol. The highest BCUT2D eigenvalue weighted by atomic mass is 16.6. The van der Waals surface area contributed by atoms with Gasteiger partial charge < -0.3 is 4.74 Å². The molecule has 0 spiro atoms. The van der Waals surface area contributed by atoms with Gasteiger partial charge in [-0.3, -0.25) is 9.69 Å². The molecule has 0 bridgehead atoms. The number of rotatable bonds is 3. The van der Waals surface area contributed by atoms with Crippen LogP contribution in [0.1, 0.15) is 42.8 Å². The van der Waals surface area contributed by atoms with Crippen LogP contribution in [0.3, 0.4) is 0 Å². The number of hydrogen-bond acceptors (Lipinski definition) is 3. The molecule has 1 heterocycles. The summed E-state index contributed by atoms with van der Waals surface area (Å²) in [5, 5.41) is 0. The summed E-state index contributed by atoms with van der Waals surface area (Å²) in [6.07, 6.45) is 0.198. The lowest BCUT2D eigenvalue weighted by molar-refractivity contribution is 0.112. The van der Waals surface area contributed by atoms with E-state index in [0.29, 0.717) is 5.56 Å². The van der Waals surface area contributed by atoms with Crippen molar-refractivity contribution >= 4 is 12.4 Å². The number of aldehydes is 1. The minimum atomic E-state index is -0.306. The Morgan fingerprint density at radius 3 is 2.67 bits per heavy atom. The number of carbonyl (C=O) groups is 2. The minimum Gasteiger partial charge on any atom is -0.439 e. The lowest BCUT2D eigenvalue weighted by Crippen LogP contribution is -2.37. The number of ether oxygens (including phenoxy) is 1. The first-order chi connectivity index (χ1) is 8.54. The number of hydrogen-bond donors (Lipinski definition) is 0. The fourth-order valence-electron chi connectivity index (χ4n) is 2.42. The summed E-state index contributed by atoms with van der Waals surface area (Å²) in [5.74, 6) is 0. The van der Waals surface area contributed by atoms with Gasteiger partial charge in [0.2, 0.25) is 0 Å². The van der Waals surface area contributed by atoms with E-state index >= 15 is 0 Å². The van der Waals surface area contributed by atoms with Crippen molar-refractivity contribution in [2.75, 3.05) is 0 Å². The first-order valence-electron chi connectivity index (χ1n) is 6.08. The summed E-state index contributed by atoms with van der Waals surface area (Å²) in [4.78, 5) is 24.3. The van der Waals surface area contributed by atoms with Crippen molar-refractivity contribution in [2.24, 2.45) is 0 Å². The normalized spacial score (nSPS) is 23.3. The predicted molar refractivity (Wildman–Crippen MR) is 67.5 cm³/mol. The summed E-state index contributed by atoms with van der Waals surface area (Å²) in [6, 6.07) is 7.26. The molecule has 4 heteroatoms. The number of carbonyl (C=O) groups excluding carboxylic acids is 2. The molecule has 18 heavy (non-hydrogen) atoms. The third-order valence-electron chi connectivity index (χ3n) is 3.25. The van der Waals surface area contributed by atoms with E-state index in [4.69, 9.17) is 4.74 Å². The first-order valence-corrected chi connectivity index (χ1v) is 6.08. The average molecular weight is 247 g/mol. The number of amides is 1. The Morgan fingerprint density at radius 2 is 2.11 bits per heavy atom. The van der Waals surface area contributed by atoms with Crippen molar-refractivity contribution in [1.29, 1.82) is 0 Å². The maximum absolute atomic E-state index is 11.8. The van der Waals surface area contributed by atoms with Crippen molar-refractivity contribution < 1.29 is 14.3 Å². The molecular formula is C14H17NO3. The topological polar surface area (TPSA) is 46.6 Å². The van der Waals surface area contributed by atoms with Gasteiger partial charge in [0, 0.05) is 11.6 Å². The molecule has 0 radical (unpaired) electrons. The second kappa shape index (κ2) is 4.80. The minimum absolute atomic E-state index is 0.0283. The van der Waals surface area contributed by atoms with E-state index in [-0.39, 0.29) is 24.3 Å². The third-order valence-corrected chi connectivity index (χ3v) is 3.25. The van der Waals surface area contributed by atoms with Crippen LogP contribution in [0.4, 0.5) is 4.79 Å². The zero-order valence-electron chi connectivity index (χ0n) is 10.8. The van der Waals surface area contributed by atoms with Gasteiger partial charge in [-0.15, -0.1) is 0 Å². The molecule has 1 amide bonds. The fourth-order valence-corrected chi connectivity index (χ4v) is 2.42. The molecule has 0 unspecified atom stereocenters. The van der Waals surface area contributed by atoms with E-state index in [1.165, 1.54) is 0 Å². The highest BCUT2D eigenvalue weighted by molar-refractivity contribution is 5.75. The molecule has 2 rings (SSSR count). The van der Waals surface area contributed by atoms with E-state index in [1.807, 2.05) is 26.8 Å². The zero-order chi connectivity index (χ0) is 13.3. The lowest BCUT2D eigenvalue weighted by atomic mass is 10.0. The smallest absolute Gasteiger partial charge is 0.411 e. The number of benzene rings is 1. The van der Waals surface area contributed by atoms with Gasteiger partial charge in [0.25, 0.3) is 0 Å². The Bertz CT molecular complexity index is 470. The van der Waals surface area contributed by atoms with Crippen LogP contribution < -0.4 is 0 Å². The molecule has 1 aromatic rings. The van der Waals surface area contributed by atoms with Gasteiger partial charge in [-0.1, -0.05) is 18.2 Å². The molecule has 0 saturated carbocycles. The monoisotopic (exact) mass is 247 g/mol. The van der Waals surface area contributed by atoms with Crippen molar-refractivity contribution in [1.82, 2.24) is 4.90 Å². The van der Waals surface area contributed by atoms with Crippen molar-refractivity contribution in [3.05, 3.63) is 35.4 Å². The largest absolute Gasteiger partial charge is 0.439 e. The number of cyclic esters (lactones) is 1. The van der Waals surface area contributed by atoms with Gasteiger partial charge in [0.05, 0.1) is 6.04 Å². The van der Waals surface area contributed by atoms with E-state index < -0.39 is 0 Å². The molecule has 0 aliphatic carbocycles. The maximum atomic E-state index is 11.8. The van der Waals surface area contributed by atoms with Crippen LogP contribution in [-0.4, -0.2) is 29.4 Å². The molecule has 0 aromatic heterocycles. The van der Waals surface area contributed by atoms with Crippen molar-refractivity contribution in [3.8, 4) is 0 Å². The van der Waals surface area contributed by atoms with Crippen LogP contribution in [0.2, 0.25) is 0 Å². The third kappa shape index (κ3) is 2.10. The standard InChI is InChI=1S/C14H17NO3/c1-9(2)15-10(3)13(18-14(15)17)12-6-4-5-11(7-12)8-16/h4-10,13H,1-3H3/t10-,13-/m0/s1. The highest BCUT2D eigenvalue weighted by Gasteiger charge is 2.40. The fraction of sp³-hybridized carbons (Fsp3) is 0.429. The molecule has 0 N–H and O–H groups in total. The summed E-state index contributed by atoms with van der Waals surface area (Å²) < 4.78 is 5.40. The SMILES string of the molecule is CC(C)N1C(=O)O[C@H](c2cccc(C=O)c2)[C@@H]1C. The summed E-state index contributed by atoms with van der Waals surface area (Å²) >= 11 is 0. The summed E-state index contributed by atoms with van der Waals surface area (Å²) in [5.41, 5.74) is 1.46. The first kappa shape index (κ1) is 12.6. The van der Waals surface area contributed by atoms with E-state index in [0.717, 1.165) is 11.8 Å². The van der Waals surface area contributed by atoms with Crippen LogP contribution in [0.5, 0.6) is 0 Å². The number of nitrogens with zero attached hydrogens (tertiary/aromatic N) is 1. The van der Waals surface area contributed by atoms with Gasteiger partial charge in [-0.05, 0) is 32.4 Å². The van der Waals surface area contributed by atoms with E-state index in [9.17, 15) is 9.59 Å². The molecule has 1 saturated heterocycles. The van der Waals surface area contributed by atoms with Crippen LogP contribution in [0, 0.1) is 0 Å². The second-order valence-corrected chi connectivity index (χ2v) is 4.83. The van der Waals surface area contributed by atoms with Gasteiger partial charge in [-0.2, -0.15) is 0 Å². The van der Waals surface area contributed by atoms with E-state index in [1.54, 1.807) is 23.1 Å². The van der Waals surface area contributed by atoms with E-state index in [2.05, 4.69) is 0 Å². The van der Waals surface area contributed by atoms with Crippen LogP contribution in [0.25, 0.3) is 0 Å². The molecule has 2 atom stereocenters. The van der Waals surface area contributed by atoms with Gasteiger partial charge in [0.15, 0.2) is 0 Å². The van der Waals surface area contributed by atoms with Crippen molar-refractivity contribution in [2.45, 2.75) is 39.0 Å². The summed E-state index contributed by atoms with van der Waals surface area (Å²) in [7, 11) is 0. The molecule has 1 aromatic carbocycles. The zero-order valence-corrected chi connectivity index (χ0v) is 10.8. The Balaban J connectivity index is 2.29. The van der Waals surface area contributed by atoms with Gasteiger partial charge in [0.1, 0.15) is 12.4 Å². The van der Waals surface area contributed by atoms with Gasteiger partial charge in [-0.25, -0.2) is 4.79 Å². The molecule has 1 aliphatic heterocycles. The average Bonchev–Trinajstić information content (AvgIpc) is 2.65. The maximum Gasteiger partial charge on any atom is 0.411 e. The Morgan fingerprint density at radius 1 is 1.39 bits per heavy atom. The Labute approximate surface area is 107 Å².